The van der Waals surface area contributed by atoms with Gasteiger partial charge in [0.05, 0.1) is 0 Å². The van der Waals surface area contributed by atoms with Crippen molar-refractivity contribution in [2.24, 2.45) is 0 Å². The van der Waals surface area contributed by atoms with Gasteiger partial charge in [0.25, 0.3) is 0 Å². The second kappa shape index (κ2) is 25.0. The number of anilines is 12. The van der Waals surface area contributed by atoms with Gasteiger partial charge in [-0.15, -0.1) is 90.7 Å². The summed E-state index contributed by atoms with van der Waals surface area (Å²) < 4.78 is 0. The summed E-state index contributed by atoms with van der Waals surface area (Å²) in [6.45, 7) is 17.4. The van der Waals surface area contributed by atoms with Crippen LogP contribution in [0.1, 0.15) is 77.9 Å². The Bertz CT molecular complexity index is 3800. The highest BCUT2D eigenvalue weighted by atomic mass is 32.1. The Morgan fingerprint density at radius 3 is 0.535 bits per heavy atom. The van der Waals surface area contributed by atoms with E-state index in [9.17, 15) is 0 Å². The topological polar surface area (TPSA) is 13.0 Å². The van der Waals surface area contributed by atoms with Crippen molar-refractivity contribution in [1.29, 1.82) is 0 Å². The van der Waals surface area contributed by atoms with Crippen molar-refractivity contribution in [3.63, 3.8) is 0 Å². The molecule has 0 spiro atoms. The van der Waals surface area contributed by atoms with Crippen LogP contribution in [0.4, 0.5) is 62.8 Å². The fraction of sp³-hybridized carbons (Fsp3) is 0.108. The third kappa shape index (κ3) is 12.5. The lowest BCUT2D eigenvalue weighted by molar-refractivity contribution is 1.33. The average molecular weight is 1260 g/mol. The molecule has 8 heterocycles. The Morgan fingerprint density at radius 1 is 0.233 bits per heavy atom. The van der Waals surface area contributed by atoms with E-state index in [4.69, 9.17) is 0 Å². The average Bonchev–Trinajstić information content (AvgIpc) is 2.82. The van der Waals surface area contributed by atoms with Crippen LogP contribution in [0.25, 0.3) is 23.3 Å². The maximum atomic E-state index is 2.40. The van der Waals surface area contributed by atoms with Gasteiger partial charge < -0.3 is 0 Å². The molecule has 0 aliphatic rings. The molecule has 0 saturated carbocycles. The van der Waals surface area contributed by atoms with Crippen molar-refractivity contribution in [2.45, 2.75) is 55.4 Å². The lowest BCUT2D eigenvalue weighted by atomic mass is 9.93. The van der Waals surface area contributed by atoms with E-state index in [0.717, 1.165) is 67.3 Å². The van der Waals surface area contributed by atoms with Gasteiger partial charge in [-0.1, -0.05) is 72.8 Å². The third-order valence-corrected chi connectivity index (χ3v) is 23.1. The van der Waals surface area contributed by atoms with Crippen LogP contribution >= 0.6 is 90.7 Å². The number of benzene rings is 5. The third-order valence-electron chi connectivity index (χ3n) is 14.8. The van der Waals surface area contributed by atoms with Crippen molar-refractivity contribution in [1.82, 2.24) is 0 Å². The van der Waals surface area contributed by atoms with Crippen molar-refractivity contribution in [3.05, 3.63) is 291 Å². The molecule has 5 aromatic carbocycles. The molecule has 4 nitrogen and oxygen atoms in total. The monoisotopic (exact) mass is 1260 g/mol. The summed E-state index contributed by atoms with van der Waals surface area (Å²) in [6.07, 6.45) is 4.71. The van der Waals surface area contributed by atoms with Crippen molar-refractivity contribution >= 4 is 177 Å². The van der Waals surface area contributed by atoms with Crippen LogP contribution < -0.4 is 19.6 Å². The van der Waals surface area contributed by atoms with Gasteiger partial charge in [-0.25, -0.2) is 0 Å². The van der Waals surface area contributed by atoms with Gasteiger partial charge in [0.15, 0.2) is 0 Å². The normalized spacial score (nSPS) is 11.3. The van der Waals surface area contributed by atoms with Crippen LogP contribution in [0.2, 0.25) is 0 Å². The van der Waals surface area contributed by atoms with Crippen LogP contribution in [0, 0.1) is 55.4 Å². The fourth-order valence-corrected chi connectivity index (χ4v) is 18.3. The molecule has 0 amide bonds. The van der Waals surface area contributed by atoms with E-state index in [1.54, 1.807) is 90.7 Å². The zero-order chi connectivity index (χ0) is 59.0. The molecule has 8 aromatic heterocycles. The number of aryl methyl sites for hydroxylation is 8. The summed E-state index contributed by atoms with van der Waals surface area (Å²) in [7, 11) is 0. The molecule has 13 aromatic rings. The number of hydrogen-bond donors (Lipinski definition) is 0. The van der Waals surface area contributed by atoms with Crippen molar-refractivity contribution < 1.29 is 0 Å². The van der Waals surface area contributed by atoms with Gasteiger partial charge in [-0.2, -0.15) is 0 Å². The van der Waals surface area contributed by atoms with E-state index in [1.807, 2.05) is 0 Å². The predicted octanol–water partition coefficient (Wildman–Crippen LogP) is 25.7. The molecular weight excluding hydrogens is 1200 g/mol. The zero-order valence-electron chi connectivity index (χ0n) is 49.0. The molecule has 12 heteroatoms. The first kappa shape index (κ1) is 57.5. The largest absolute Gasteiger partial charge is 0.293 e. The van der Waals surface area contributed by atoms with Crippen molar-refractivity contribution in [3.8, 4) is 0 Å². The molecule has 426 valence electrons. The molecule has 13 rings (SSSR count). The van der Waals surface area contributed by atoms with Gasteiger partial charge in [0.1, 0.15) is 40.0 Å². The van der Waals surface area contributed by atoms with Gasteiger partial charge in [-0.05, 0) is 297 Å². The smallest absolute Gasteiger partial charge is 0.101 e. The molecule has 0 unspecified atom stereocenters. The molecule has 86 heavy (non-hydrogen) atoms. The Morgan fingerprint density at radius 2 is 0.395 bits per heavy atom. The summed E-state index contributed by atoms with van der Waals surface area (Å²) >= 11 is 14.3. The minimum absolute atomic E-state index is 1.12. The SMILES string of the molecule is Cc1csc(N(c2ccc(C(=Cc3ccc(C=C(c4ccc(N(c5cc(C)cs5)c5cc(C)cs5)cc4)c4ccc(N(c5cc(C)cs5)c5cc(C)cs5)cc4)cc3)c3ccc(N(c4cc(C)cs4)c4cc(C)cs4)cc3)cc2)c2cc(C)cs2)c1. The van der Waals surface area contributed by atoms with E-state index in [-0.39, 0.29) is 0 Å². The Hall–Kier alpha value is -7.62. The molecule has 0 saturated heterocycles. The molecule has 0 fully saturated rings. The van der Waals surface area contributed by atoms with Gasteiger partial charge in [0, 0.05) is 22.7 Å². The van der Waals surface area contributed by atoms with Crippen LogP contribution in [-0.2, 0) is 0 Å². The highest BCUT2D eigenvalue weighted by molar-refractivity contribution is 7.18. The quantitative estimate of drug-likeness (QED) is 0.0794. The maximum absolute atomic E-state index is 2.40. The minimum Gasteiger partial charge on any atom is -0.293 e. The van der Waals surface area contributed by atoms with E-state index in [2.05, 4.69) is 300 Å². The van der Waals surface area contributed by atoms with Gasteiger partial charge >= 0.3 is 0 Å². The van der Waals surface area contributed by atoms with Gasteiger partial charge in [0.2, 0.25) is 0 Å². The van der Waals surface area contributed by atoms with E-state index < -0.39 is 0 Å². The summed E-state index contributed by atoms with van der Waals surface area (Å²) in [5.74, 6) is 0. The molecule has 0 bridgehead atoms. The molecular formula is C74H62N4S8. The van der Waals surface area contributed by atoms with Crippen LogP contribution in [0.3, 0.4) is 0 Å². The lowest BCUT2D eigenvalue weighted by Gasteiger charge is -2.23. The predicted molar refractivity (Wildman–Crippen MR) is 386 cm³/mol. The fourth-order valence-electron chi connectivity index (χ4n) is 10.6. The summed E-state index contributed by atoms with van der Waals surface area (Å²) in [5.41, 5.74) is 23.8. The summed E-state index contributed by atoms with van der Waals surface area (Å²) in [4.78, 5) is 9.58. The van der Waals surface area contributed by atoms with Crippen LogP contribution in [0.5, 0.6) is 0 Å². The summed E-state index contributed by atoms with van der Waals surface area (Å²) in [5, 5.41) is 27.6. The highest BCUT2D eigenvalue weighted by Gasteiger charge is 2.22. The Balaban J connectivity index is 0.887. The van der Waals surface area contributed by atoms with E-state index in [0.29, 0.717) is 0 Å². The number of hydrogen-bond acceptors (Lipinski definition) is 12. The molecule has 0 aliphatic heterocycles. The Labute approximate surface area is 537 Å². The molecule has 0 atom stereocenters. The first-order valence-electron chi connectivity index (χ1n) is 28.4. The number of rotatable bonds is 18. The zero-order valence-corrected chi connectivity index (χ0v) is 55.5. The van der Waals surface area contributed by atoms with Crippen LogP contribution in [0.15, 0.2) is 213 Å². The van der Waals surface area contributed by atoms with Crippen LogP contribution in [-0.4, -0.2) is 0 Å². The number of thiophene rings is 8. The maximum Gasteiger partial charge on any atom is 0.101 e. The second-order valence-corrected chi connectivity index (χ2v) is 29.1. The van der Waals surface area contributed by atoms with Crippen molar-refractivity contribution in [2.75, 3.05) is 19.6 Å². The first-order valence-corrected chi connectivity index (χ1v) is 35.4. The standard InChI is InChI=1S/C74H62N4S8/c1-47-29-67(79-39-47)75(68-30-48(2)40-80-68)61-21-13-57(14-22-61)65(58-15-23-62(24-16-58)76(69-31-49(3)41-81-69)70-32-50(4)42-82-70)37-55-9-11-56(12-10-55)38-66(59-17-25-63(26-18-59)77(71-33-51(5)43-83-71)72-34-52(6)44-84-72)60-19-27-64(28-20-60)78(73-35-53(7)45-85-73)74-36-54(8)46-86-74/h9-46H,1-8H3. The second-order valence-electron chi connectivity index (χ2n) is 22.0. The molecule has 0 aliphatic carbocycles. The number of nitrogens with zero attached hydrogens (tertiary/aromatic N) is 4. The molecule has 0 radical (unpaired) electrons. The highest BCUT2D eigenvalue weighted by Crippen LogP contribution is 2.47. The molecule has 0 N–H and O–H groups in total. The first-order chi connectivity index (χ1) is 41.8. The van der Waals surface area contributed by atoms with E-state index in [1.165, 1.54) is 84.5 Å². The van der Waals surface area contributed by atoms with E-state index >= 15 is 0 Å². The van der Waals surface area contributed by atoms with Gasteiger partial charge in [-0.3, -0.25) is 19.6 Å². The minimum atomic E-state index is 1.12. The summed E-state index contributed by atoms with van der Waals surface area (Å²) in [6, 6.07) is 64.0. The Kier molecular flexibility index (Phi) is 16.7. The lowest BCUT2D eigenvalue weighted by Crippen LogP contribution is -2.07.